The molecule has 122 valence electrons. The maximum atomic E-state index is 8.96. The fourth-order valence-electron chi connectivity index (χ4n) is 2.74. The van der Waals surface area contributed by atoms with E-state index in [-0.39, 0.29) is 0 Å². The number of fused-ring (bicyclic) bond motifs is 1. The van der Waals surface area contributed by atoms with Crippen molar-refractivity contribution in [3.05, 3.63) is 72.3 Å². The molecule has 0 saturated carbocycles. The summed E-state index contributed by atoms with van der Waals surface area (Å²) in [5.74, 6) is 0. The molecule has 0 amide bonds. The van der Waals surface area contributed by atoms with Crippen LogP contribution in [0.2, 0.25) is 0 Å². The van der Waals surface area contributed by atoms with Crippen molar-refractivity contribution in [2.45, 2.75) is 6.54 Å². The number of aromatic nitrogens is 5. The Bertz CT molecular complexity index is 1040. The van der Waals surface area contributed by atoms with Crippen molar-refractivity contribution >= 4 is 16.7 Å². The van der Waals surface area contributed by atoms with Gasteiger partial charge >= 0.3 is 0 Å². The van der Waals surface area contributed by atoms with Crippen molar-refractivity contribution in [1.29, 1.82) is 5.26 Å². The summed E-state index contributed by atoms with van der Waals surface area (Å²) in [5.41, 5.74) is 4.56. The maximum Gasteiger partial charge on any atom is 0.114 e. The van der Waals surface area contributed by atoms with Gasteiger partial charge in [-0.15, -0.1) is 5.10 Å². The number of aryl methyl sites for hydroxylation is 1. The van der Waals surface area contributed by atoms with Gasteiger partial charge in [-0.05, 0) is 35.9 Å². The molecule has 4 aromatic rings. The zero-order valence-corrected chi connectivity index (χ0v) is 13.6. The van der Waals surface area contributed by atoms with E-state index in [0.29, 0.717) is 12.1 Å². The summed E-state index contributed by atoms with van der Waals surface area (Å²) >= 11 is 0. The Balaban J connectivity index is 1.74. The van der Waals surface area contributed by atoms with E-state index in [4.69, 9.17) is 5.26 Å². The SMILES string of the molecule is Cn1nnc2ccc(N(Cc3ccc(C#N)cc3)n3ccnc3)cc21. The van der Waals surface area contributed by atoms with Crippen LogP contribution >= 0.6 is 0 Å². The molecule has 7 heteroatoms. The fourth-order valence-corrected chi connectivity index (χ4v) is 2.74. The number of hydrogen-bond donors (Lipinski definition) is 0. The first-order chi connectivity index (χ1) is 12.2. The molecule has 0 radical (unpaired) electrons. The molecule has 0 atom stereocenters. The second-order valence-corrected chi connectivity index (χ2v) is 5.70. The minimum absolute atomic E-state index is 0.638. The van der Waals surface area contributed by atoms with Gasteiger partial charge in [0.25, 0.3) is 0 Å². The maximum absolute atomic E-state index is 8.96. The van der Waals surface area contributed by atoms with Crippen LogP contribution in [-0.4, -0.2) is 24.7 Å². The van der Waals surface area contributed by atoms with Crippen LogP contribution in [-0.2, 0) is 13.6 Å². The van der Waals surface area contributed by atoms with Crippen molar-refractivity contribution in [1.82, 2.24) is 24.7 Å². The van der Waals surface area contributed by atoms with Gasteiger partial charge < -0.3 is 0 Å². The van der Waals surface area contributed by atoms with Crippen LogP contribution in [0.15, 0.2) is 61.2 Å². The molecule has 0 spiro atoms. The van der Waals surface area contributed by atoms with E-state index in [9.17, 15) is 0 Å². The summed E-state index contributed by atoms with van der Waals surface area (Å²) in [6.07, 6.45) is 5.40. The zero-order valence-electron chi connectivity index (χ0n) is 13.6. The van der Waals surface area contributed by atoms with E-state index in [1.807, 2.05) is 54.3 Å². The van der Waals surface area contributed by atoms with Crippen molar-refractivity contribution in [2.24, 2.45) is 7.05 Å². The van der Waals surface area contributed by atoms with Crippen LogP contribution in [0.25, 0.3) is 11.0 Å². The van der Waals surface area contributed by atoms with E-state index in [1.165, 1.54) is 0 Å². The molecule has 2 heterocycles. The predicted molar refractivity (Wildman–Crippen MR) is 93.5 cm³/mol. The molecule has 0 aliphatic rings. The van der Waals surface area contributed by atoms with Gasteiger partial charge in [0.15, 0.2) is 0 Å². The predicted octanol–water partition coefficient (Wildman–Crippen LogP) is 2.51. The zero-order chi connectivity index (χ0) is 17.2. The van der Waals surface area contributed by atoms with Gasteiger partial charge in [-0.3, -0.25) is 5.01 Å². The molecule has 0 N–H and O–H groups in total. The number of nitriles is 1. The van der Waals surface area contributed by atoms with E-state index in [2.05, 4.69) is 32.4 Å². The molecule has 7 nitrogen and oxygen atoms in total. The Morgan fingerprint density at radius 1 is 1.16 bits per heavy atom. The molecule has 2 aromatic heterocycles. The molecule has 2 aromatic carbocycles. The number of benzene rings is 2. The Labute approximate surface area is 144 Å². The Kier molecular flexibility index (Phi) is 3.63. The third-order valence-corrected chi connectivity index (χ3v) is 4.08. The Morgan fingerprint density at radius 3 is 2.72 bits per heavy atom. The molecule has 0 aliphatic carbocycles. The highest BCUT2D eigenvalue weighted by atomic mass is 15.5. The van der Waals surface area contributed by atoms with Crippen LogP contribution in [0.4, 0.5) is 5.69 Å². The van der Waals surface area contributed by atoms with Crippen LogP contribution in [0.3, 0.4) is 0 Å². The van der Waals surface area contributed by atoms with Crippen LogP contribution in [0.1, 0.15) is 11.1 Å². The van der Waals surface area contributed by atoms with E-state index < -0.39 is 0 Å². The normalized spacial score (nSPS) is 10.7. The minimum atomic E-state index is 0.638. The van der Waals surface area contributed by atoms with Crippen molar-refractivity contribution < 1.29 is 0 Å². The van der Waals surface area contributed by atoms with Crippen LogP contribution < -0.4 is 5.01 Å². The third kappa shape index (κ3) is 2.81. The lowest BCUT2D eigenvalue weighted by molar-refractivity contribution is 0.687. The summed E-state index contributed by atoms with van der Waals surface area (Å²) in [6, 6.07) is 15.8. The van der Waals surface area contributed by atoms with Gasteiger partial charge in [0, 0.05) is 19.4 Å². The second kappa shape index (κ2) is 6.09. The number of anilines is 1. The summed E-state index contributed by atoms with van der Waals surface area (Å²) in [7, 11) is 1.88. The number of hydrogen-bond acceptors (Lipinski definition) is 5. The van der Waals surface area contributed by atoms with Gasteiger partial charge in [-0.25, -0.2) is 14.3 Å². The summed E-state index contributed by atoms with van der Waals surface area (Å²) in [5, 5.41) is 19.2. The molecule has 0 saturated heterocycles. The standard InChI is InChI=1S/C18H15N7/c1-23-18-10-16(6-7-17(18)21-22-23)25(24-9-8-20-13-24)12-15-4-2-14(11-19)3-5-15/h2-10,13H,12H2,1H3. The lowest BCUT2D eigenvalue weighted by atomic mass is 10.1. The van der Waals surface area contributed by atoms with Crippen molar-refractivity contribution in [3.63, 3.8) is 0 Å². The quantitative estimate of drug-likeness (QED) is 0.575. The van der Waals surface area contributed by atoms with E-state index in [1.54, 1.807) is 17.2 Å². The lowest BCUT2D eigenvalue weighted by Crippen LogP contribution is -2.27. The average molecular weight is 329 g/mol. The monoisotopic (exact) mass is 329 g/mol. The first kappa shape index (κ1) is 14.9. The number of imidazole rings is 1. The largest absolute Gasteiger partial charge is 0.276 e. The first-order valence-corrected chi connectivity index (χ1v) is 7.79. The highest BCUT2D eigenvalue weighted by molar-refractivity contribution is 5.78. The third-order valence-electron chi connectivity index (χ3n) is 4.08. The highest BCUT2D eigenvalue weighted by Gasteiger charge is 2.12. The molecular weight excluding hydrogens is 314 g/mol. The number of nitrogens with zero attached hydrogens (tertiary/aromatic N) is 7. The molecule has 0 aliphatic heterocycles. The Morgan fingerprint density at radius 2 is 2.00 bits per heavy atom. The summed E-state index contributed by atoms with van der Waals surface area (Å²) in [4.78, 5) is 4.16. The number of rotatable bonds is 4. The van der Waals surface area contributed by atoms with Crippen LogP contribution in [0.5, 0.6) is 0 Å². The summed E-state index contributed by atoms with van der Waals surface area (Å²) < 4.78 is 3.69. The highest BCUT2D eigenvalue weighted by Crippen LogP contribution is 2.23. The second-order valence-electron chi connectivity index (χ2n) is 5.70. The summed E-state index contributed by atoms with van der Waals surface area (Å²) in [6.45, 7) is 0.638. The molecule has 4 rings (SSSR count). The lowest BCUT2D eigenvalue weighted by Gasteiger charge is -2.25. The Hall–Kier alpha value is -3.66. The van der Waals surface area contributed by atoms with Gasteiger partial charge in [0.2, 0.25) is 0 Å². The molecule has 0 fully saturated rings. The van der Waals surface area contributed by atoms with Crippen LogP contribution in [0, 0.1) is 11.3 Å². The van der Waals surface area contributed by atoms with Crippen molar-refractivity contribution in [2.75, 3.05) is 5.01 Å². The smallest absolute Gasteiger partial charge is 0.114 e. The van der Waals surface area contributed by atoms with Gasteiger partial charge in [-0.1, -0.05) is 17.3 Å². The molecule has 25 heavy (non-hydrogen) atoms. The van der Waals surface area contributed by atoms with E-state index >= 15 is 0 Å². The molecule has 0 unspecified atom stereocenters. The van der Waals surface area contributed by atoms with Gasteiger partial charge in [-0.2, -0.15) is 5.26 Å². The first-order valence-electron chi connectivity index (χ1n) is 7.79. The average Bonchev–Trinajstić information content (AvgIpc) is 3.30. The van der Waals surface area contributed by atoms with Crippen molar-refractivity contribution in [3.8, 4) is 6.07 Å². The fraction of sp³-hybridized carbons (Fsp3) is 0.111. The van der Waals surface area contributed by atoms with E-state index in [0.717, 1.165) is 22.3 Å². The molecule has 0 bridgehead atoms. The van der Waals surface area contributed by atoms with Gasteiger partial charge in [0.05, 0.1) is 29.4 Å². The minimum Gasteiger partial charge on any atom is -0.276 e. The van der Waals surface area contributed by atoms with Gasteiger partial charge in [0.1, 0.15) is 11.8 Å². The topological polar surface area (TPSA) is 75.6 Å². The molecular formula is C18H15N7.